The summed E-state index contributed by atoms with van der Waals surface area (Å²) in [4.78, 5) is 13.1. The number of nitrogen functional groups attached to an aromatic ring is 1. The highest BCUT2D eigenvalue weighted by Gasteiger charge is 2.34. The maximum Gasteiger partial charge on any atom is 0.418 e. The van der Waals surface area contributed by atoms with Crippen LogP contribution in [0.15, 0.2) is 18.2 Å². The Morgan fingerprint density at radius 1 is 1.47 bits per heavy atom. The molecule has 0 aliphatic carbocycles. The number of amides is 1. The third-order valence-corrected chi connectivity index (χ3v) is 2.55. The summed E-state index contributed by atoms with van der Waals surface area (Å²) in [5.41, 5.74) is 3.56. The van der Waals surface area contributed by atoms with Gasteiger partial charge >= 0.3 is 6.18 Å². The van der Waals surface area contributed by atoms with E-state index >= 15 is 0 Å². The first-order valence-corrected chi connectivity index (χ1v) is 5.37. The Bertz CT molecular complexity index is 520. The van der Waals surface area contributed by atoms with Gasteiger partial charge in [0.25, 0.3) is 5.91 Å². The number of carbonyl (C=O) groups excluding carboxylic acids is 1. The van der Waals surface area contributed by atoms with Gasteiger partial charge in [0.05, 0.1) is 29.3 Å². The number of benzene rings is 1. The summed E-state index contributed by atoms with van der Waals surface area (Å²) in [6.07, 6.45) is -4.51. The highest BCUT2D eigenvalue weighted by Crippen LogP contribution is 2.35. The van der Waals surface area contributed by atoms with Gasteiger partial charge in [-0.2, -0.15) is 18.4 Å². The number of anilines is 1. The predicted octanol–water partition coefficient (Wildman–Crippen LogP) is 2.27. The summed E-state index contributed by atoms with van der Waals surface area (Å²) in [6.45, 7) is 0.130. The van der Waals surface area contributed by atoms with E-state index in [2.05, 4.69) is 0 Å². The molecule has 0 bridgehead atoms. The Balaban J connectivity index is 3.09. The number of halogens is 3. The molecule has 0 saturated heterocycles. The van der Waals surface area contributed by atoms with Crippen LogP contribution in [0.4, 0.5) is 18.9 Å². The van der Waals surface area contributed by atoms with Crippen LogP contribution in [0, 0.1) is 11.3 Å². The maximum absolute atomic E-state index is 12.6. The summed E-state index contributed by atoms with van der Waals surface area (Å²) in [7, 11) is 1.40. The van der Waals surface area contributed by atoms with Crippen LogP contribution >= 0.6 is 0 Å². The van der Waals surface area contributed by atoms with Gasteiger partial charge in [-0.1, -0.05) is 6.07 Å². The number of rotatable bonds is 3. The fourth-order valence-corrected chi connectivity index (χ4v) is 1.52. The van der Waals surface area contributed by atoms with E-state index in [1.807, 2.05) is 6.07 Å². The molecule has 0 unspecified atom stereocenters. The monoisotopic (exact) mass is 271 g/mol. The predicted molar refractivity (Wildman–Crippen MR) is 63.0 cm³/mol. The molecule has 102 valence electrons. The number of hydrogen-bond acceptors (Lipinski definition) is 3. The number of alkyl halides is 3. The zero-order valence-electron chi connectivity index (χ0n) is 10.2. The van der Waals surface area contributed by atoms with Crippen molar-refractivity contribution in [2.75, 3.05) is 19.3 Å². The molecule has 1 aromatic rings. The molecule has 0 heterocycles. The molecule has 0 radical (unpaired) electrons. The Kier molecular flexibility index (Phi) is 4.38. The molecule has 19 heavy (non-hydrogen) atoms. The molecule has 0 spiro atoms. The zero-order chi connectivity index (χ0) is 14.6. The largest absolute Gasteiger partial charge is 0.418 e. The minimum atomic E-state index is -4.61. The van der Waals surface area contributed by atoms with Crippen molar-refractivity contribution < 1.29 is 18.0 Å². The molecule has 4 nitrogen and oxygen atoms in total. The van der Waals surface area contributed by atoms with Crippen LogP contribution in [0.5, 0.6) is 0 Å². The number of nitrogens with two attached hydrogens (primary N) is 1. The normalized spacial score (nSPS) is 10.9. The molecule has 0 atom stereocenters. The molecular weight excluding hydrogens is 259 g/mol. The summed E-state index contributed by atoms with van der Waals surface area (Å²) in [5, 5.41) is 8.41. The molecule has 2 N–H and O–H groups in total. The van der Waals surface area contributed by atoms with Crippen LogP contribution in [-0.4, -0.2) is 24.4 Å². The van der Waals surface area contributed by atoms with E-state index in [0.717, 1.165) is 17.0 Å². The van der Waals surface area contributed by atoms with Crippen molar-refractivity contribution in [3.63, 3.8) is 0 Å². The van der Waals surface area contributed by atoms with Gasteiger partial charge in [-0.3, -0.25) is 4.79 Å². The van der Waals surface area contributed by atoms with Crippen LogP contribution in [0.1, 0.15) is 22.3 Å². The van der Waals surface area contributed by atoms with Crippen molar-refractivity contribution in [2.45, 2.75) is 12.6 Å². The van der Waals surface area contributed by atoms with Crippen molar-refractivity contribution in [3.8, 4) is 6.07 Å². The van der Waals surface area contributed by atoms with Crippen LogP contribution in [0.2, 0.25) is 0 Å². The highest BCUT2D eigenvalue weighted by atomic mass is 19.4. The topological polar surface area (TPSA) is 70.1 Å². The van der Waals surface area contributed by atoms with E-state index in [0.29, 0.717) is 0 Å². The van der Waals surface area contributed by atoms with Crippen LogP contribution in [0.3, 0.4) is 0 Å². The minimum Gasteiger partial charge on any atom is -0.398 e. The minimum absolute atomic E-state index is 0.0983. The van der Waals surface area contributed by atoms with E-state index in [1.165, 1.54) is 13.1 Å². The fraction of sp³-hybridized carbons (Fsp3) is 0.333. The average Bonchev–Trinajstić information content (AvgIpc) is 2.34. The lowest BCUT2D eigenvalue weighted by atomic mass is 10.1. The lowest BCUT2D eigenvalue weighted by molar-refractivity contribution is -0.136. The lowest BCUT2D eigenvalue weighted by Crippen LogP contribution is -2.29. The Labute approximate surface area is 108 Å². The number of hydrogen-bond donors (Lipinski definition) is 1. The van der Waals surface area contributed by atoms with E-state index in [1.54, 1.807) is 0 Å². The number of para-hydroxylation sites is 1. The van der Waals surface area contributed by atoms with Crippen LogP contribution in [0.25, 0.3) is 0 Å². The van der Waals surface area contributed by atoms with Crippen molar-refractivity contribution >= 4 is 11.6 Å². The molecule has 0 fully saturated rings. The smallest absolute Gasteiger partial charge is 0.398 e. The molecule has 7 heteroatoms. The molecule has 0 saturated carbocycles. The fourth-order valence-electron chi connectivity index (χ4n) is 1.52. The van der Waals surface area contributed by atoms with Crippen LogP contribution < -0.4 is 5.73 Å². The Morgan fingerprint density at radius 2 is 2.11 bits per heavy atom. The zero-order valence-corrected chi connectivity index (χ0v) is 10.2. The average molecular weight is 271 g/mol. The highest BCUT2D eigenvalue weighted by molar-refractivity contribution is 5.99. The number of nitriles is 1. The first-order valence-electron chi connectivity index (χ1n) is 5.37. The molecule has 1 rings (SSSR count). The SMILES string of the molecule is CN(CCC#N)C(=O)c1cccc(C(F)(F)F)c1N. The lowest BCUT2D eigenvalue weighted by Gasteiger charge is -2.18. The Morgan fingerprint density at radius 3 is 2.63 bits per heavy atom. The van der Waals surface area contributed by atoms with Gasteiger partial charge in [-0.05, 0) is 12.1 Å². The Hall–Kier alpha value is -2.23. The molecule has 1 amide bonds. The van der Waals surface area contributed by atoms with Gasteiger partial charge in [0, 0.05) is 13.6 Å². The van der Waals surface area contributed by atoms with Crippen molar-refractivity contribution in [3.05, 3.63) is 29.3 Å². The van der Waals surface area contributed by atoms with E-state index in [4.69, 9.17) is 11.0 Å². The summed E-state index contributed by atoms with van der Waals surface area (Å²) in [5.74, 6) is -0.640. The maximum atomic E-state index is 12.6. The number of carbonyl (C=O) groups is 1. The van der Waals surface area contributed by atoms with E-state index in [-0.39, 0.29) is 18.5 Å². The second-order valence-corrected chi connectivity index (χ2v) is 3.90. The summed E-state index contributed by atoms with van der Waals surface area (Å²) >= 11 is 0. The first kappa shape index (κ1) is 14.8. The summed E-state index contributed by atoms with van der Waals surface area (Å²) in [6, 6.07) is 5.03. The first-order chi connectivity index (χ1) is 8.79. The van der Waals surface area contributed by atoms with E-state index in [9.17, 15) is 18.0 Å². The summed E-state index contributed by atoms with van der Waals surface area (Å²) < 4.78 is 37.9. The van der Waals surface area contributed by atoms with Crippen molar-refractivity contribution in [1.82, 2.24) is 4.90 Å². The van der Waals surface area contributed by atoms with Gasteiger partial charge < -0.3 is 10.6 Å². The second kappa shape index (κ2) is 5.61. The molecular formula is C12H12F3N3O. The number of nitrogens with zero attached hydrogens (tertiary/aromatic N) is 2. The molecule has 0 aliphatic heterocycles. The third-order valence-electron chi connectivity index (χ3n) is 2.55. The molecule has 0 aromatic heterocycles. The van der Waals surface area contributed by atoms with E-state index < -0.39 is 23.3 Å². The second-order valence-electron chi connectivity index (χ2n) is 3.90. The standard InChI is InChI=1S/C12H12F3N3O/c1-18(7-3-6-16)11(19)8-4-2-5-9(10(8)17)12(13,14)15/h2,4-5H,3,7,17H2,1H3. The van der Waals surface area contributed by atoms with Gasteiger partial charge in [-0.25, -0.2) is 0 Å². The van der Waals surface area contributed by atoms with Crippen molar-refractivity contribution in [1.29, 1.82) is 5.26 Å². The molecule has 1 aromatic carbocycles. The van der Waals surface area contributed by atoms with Gasteiger partial charge in [0.2, 0.25) is 0 Å². The van der Waals surface area contributed by atoms with Gasteiger partial charge in [0.15, 0.2) is 0 Å². The van der Waals surface area contributed by atoms with Crippen molar-refractivity contribution in [2.24, 2.45) is 0 Å². The quantitative estimate of drug-likeness (QED) is 0.857. The van der Waals surface area contributed by atoms with Gasteiger partial charge in [0.1, 0.15) is 0 Å². The third kappa shape index (κ3) is 3.37. The molecule has 0 aliphatic rings. The van der Waals surface area contributed by atoms with Crippen LogP contribution in [-0.2, 0) is 6.18 Å². The van der Waals surface area contributed by atoms with Gasteiger partial charge in [-0.15, -0.1) is 0 Å².